The molecule has 1 aliphatic rings. The van der Waals surface area contributed by atoms with Crippen LogP contribution in [0.2, 0.25) is 5.02 Å². The molecule has 0 aliphatic heterocycles. The number of amides is 1. The van der Waals surface area contributed by atoms with Crippen molar-refractivity contribution in [2.45, 2.75) is 38.3 Å². The van der Waals surface area contributed by atoms with Gasteiger partial charge in [-0.1, -0.05) is 29.8 Å². The highest BCUT2D eigenvalue weighted by molar-refractivity contribution is 6.31. The molecule has 4 rings (SSSR count). The van der Waals surface area contributed by atoms with E-state index in [2.05, 4.69) is 30.9 Å². The van der Waals surface area contributed by atoms with Crippen molar-refractivity contribution in [3.63, 3.8) is 0 Å². The molecule has 11 heteroatoms. The Balaban J connectivity index is 1.35. The molecule has 3 aromatic rings. The molecule has 1 aromatic heterocycles. The first-order valence-corrected chi connectivity index (χ1v) is 12.2. The molecular formula is C26H26ClN7O3. The summed E-state index contributed by atoms with van der Waals surface area (Å²) in [7, 11) is 1.70. The molecule has 1 fully saturated rings. The molecule has 2 aromatic carbocycles. The quantitative estimate of drug-likeness (QED) is 0.344. The summed E-state index contributed by atoms with van der Waals surface area (Å²) in [4.78, 5) is 37.3. The fourth-order valence-electron chi connectivity index (χ4n) is 4.24. The van der Waals surface area contributed by atoms with Crippen LogP contribution in [0.25, 0.3) is 11.4 Å². The SMILES string of the molecule is CNc1nc(N[C@H]2CC[C@@H](C(=O)NCc3ccc(C#N)cc3Cl)CC2)nc(-c2cccc(C(=O)O)c2)n1. The predicted molar refractivity (Wildman–Crippen MR) is 139 cm³/mol. The number of benzene rings is 2. The fourth-order valence-corrected chi connectivity index (χ4v) is 4.49. The van der Waals surface area contributed by atoms with E-state index in [1.807, 2.05) is 6.07 Å². The molecule has 0 spiro atoms. The van der Waals surface area contributed by atoms with Gasteiger partial charge < -0.3 is 21.1 Å². The van der Waals surface area contributed by atoms with E-state index in [9.17, 15) is 14.7 Å². The van der Waals surface area contributed by atoms with Crippen LogP contribution in [0, 0.1) is 17.2 Å². The van der Waals surface area contributed by atoms with E-state index in [4.69, 9.17) is 16.9 Å². The van der Waals surface area contributed by atoms with Gasteiger partial charge in [0.05, 0.1) is 17.2 Å². The normalized spacial score (nSPS) is 16.9. The lowest BCUT2D eigenvalue weighted by atomic mass is 9.85. The summed E-state index contributed by atoms with van der Waals surface area (Å²) >= 11 is 6.21. The van der Waals surface area contributed by atoms with E-state index in [-0.39, 0.29) is 23.4 Å². The second kappa shape index (κ2) is 11.7. The maximum absolute atomic E-state index is 12.7. The molecule has 37 heavy (non-hydrogen) atoms. The van der Waals surface area contributed by atoms with Crippen LogP contribution < -0.4 is 16.0 Å². The maximum atomic E-state index is 12.7. The summed E-state index contributed by atoms with van der Waals surface area (Å²) in [5.41, 5.74) is 1.97. The Hall–Kier alpha value is -4.23. The Kier molecular flexibility index (Phi) is 8.15. The van der Waals surface area contributed by atoms with Gasteiger partial charge in [-0.3, -0.25) is 4.79 Å². The van der Waals surface area contributed by atoms with Gasteiger partial charge in [0.1, 0.15) is 0 Å². The van der Waals surface area contributed by atoms with Crippen LogP contribution in [0.1, 0.15) is 47.2 Å². The minimum absolute atomic E-state index is 0.0166. The van der Waals surface area contributed by atoms with Gasteiger partial charge in [-0.05, 0) is 55.5 Å². The Bertz CT molecular complexity index is 1350. The van der Waals surface area contributed by atoms with Gasteiger partial charge in [0.15, 0.2) is 5.82 Å². The van der Waals surface area contributed by atoms with Crippen LogP contribution in [0.3, 0.4) is 0 Å². The predicted octanol–water partition coefficient (Wildman–Crippen LogP) is 4.09. The van der Waals surface area contributed by atoms with Gasteiger partial charge in [0.2, 0.25) is 17.8 Å². The number of carbonyl (C=O) groups excluding carboxylic acids is 1. The lowest BCUT2D eigenvalue weighted by Crippen LogP contribution is -2.36. The van der Waals surface area contributed by atoms with Gasteiger partial charge in [-0.25, -0.2) is 4.79 Å². The summed E-state index contributed by atoms with van der Waals surface area (Å²) in [5, 5.41) is 27.9. The third-order valence-corrected chi connectivity index (χ3v) is 6.65. The Morgan fingerprint density at radius 1 is 1.08 bits per heavy atom. The molecule has 190 valence electrons. The van der Waals surface area contributed by atoms with Crippen molar-refractivity contribution in [3.05, 3.63) is 64.2 Å². The average molecular weight is 520 g/mol. The van der Waals surface area contributed by atoms with Crippen LogP contribution in [0.15, 0.2) is 42.5 Å². The van der Waals surface area contributed by atoms with Crippen LogP contribution in [-0.2, 0) is 11.3 Å². The zero-order valence-electron chi connectivity index (χ0n) is 20.2. The van der Waals surface area contributed by atoms with Crippen molar-refractivity contribution >= 4 is 35.4 Å². The van der Waals surface area contributed by atoms with Crippen LogP contribution in [0.5, 0.6) is 0 Å². The van der Waals surface area contributed by atoms with Gasteiger partial charge in [-0.15, -0.1) is 0 Å². The number of carbonyl (C=O) groups is 2. The molecule has 1 heterocycles. The maximum Gasteiger partial charge on any atom is 0.335 e. The first-order valence-electron chi connectivity index (χ1n) is 11.9. The third kappa shape index (κ3) is 6.51. The molecule has 1 saturated carbocycles. The summed E-state index contributed by atoms with van der Waals surface area (Å²) in [6.07, 6.45) is 2.95. The number of aromatic nitrogens is 3. The second-order valence-corrected chi connectivity index (χ2v) is 9.18. The molecular weight excluding hydrogens is 494 g/mol. The Labute approximate surface area is 219 Å². The van der Waals surface area contributed by atoms with Crippen molar-refractivity contribution in [2.24, 2.45) is 5.92 Å². The van der Waals surface area contributed by atoms with Crippen molar-refractivity contribution in [3.8, 4) is 17.5 Å². The first kappa shape index (κ1) is 25.9. The van der Waals surface area contributed by atoms with Gasteiger partial charge in [-0.2, -0.15) is 20.2 Å². The van der Waals surface area contributed by atoms with Crippen molar-refractivity contribution in [2.75, 3.05) is 17.7 Å². The highest BCUT2D eigenvalue weighted by Gasteiger charge is 2.27. The van der Waals surface area contributed by atoms with Crippen LogP contribution in [0.4, 0.5) is 11.9 Å². The lowest BCUT2D eigenvalue weighted by Gasteiger charge is -2.28. The Morgan fingerprint density at radius 2 is 1.84 bits per heavy atom. The number of rotatable bonds is 8. The standard InChI is InChI=1S/C26H26ClN7O3/c1-29-25-32-22(17-3-2-4-18(12-17)24(36)37)33-26(34-25)31-20-9-7-16(8-10-20)23(35)30-14-19-6-5-15(13-28)11-21(19)27/h2-6,11-12,16,20H,7-10,14H2,1H3,(H,30,35)(H,36,37)(H2,29,31,32,33,34)/t16-,20+. The summed E-state index contributed by atoms with van der Waals surface area (Å²) < 4.78 is 0. The number of aromatic carboxylic acids is 1. The number of nitriles is 1. The van der Waals surface area contributed by atoms with Gasteiger partial charge >= 0.3 is 5.97 Å². The largest absolute Gasteiger partial charge is 0.478 e. The van der Waals surface area contributed by atoms with Gasteiger partial charge in [0, 0.05) is 36.1 Å². The molecule has 1 amide bonds. The van der Waals surface area contributed by atoms with E-state index in [1.165, 1.54) is 12.1 Å². The number of nitrogens with zero attached hydrogens (tertiary/aromatic N) is 4. The molecule has 0 bridgehead atoms. The van der Waals surface area contributed by atoms with Crippen molar-refractivity contribution in [1.82, 2.24) is 20.3 Å². The number of hydrogen-bond donors (Lipinski definition) is 4. The molecule has 0 saturated heterocycles. The zero-order valence-corrected chi connectivity index (χ0v) is 20.9. The fraction of sp³-hybridized carbons (Fsp3) is 0.308. The molecule has 10 nitrogen and oxygen atoms in total. The topological polar surface area (TPSA) is 153 Å². The minimum atomic E-state index is -1.02. The number of carboxylic acid groups (broad SMARTS) is 1. The summed E-state index contributed by atoms with van der Waals surface area (Å²) in [6, 6.07) is 13.6. The number of hydrogen-bond acceptors (Lipinski definition) is 8. The number of anilines is 2. The van der Waals surface area contributed by atoms with Crippen molar-refractivity contribution < 1.29 is 14.7 Å². The smallest absolute Gasteiger partial charge is 0.335 e. The number of carboxylic acids is 1. The van der Waals surface area contributed by atoms with Crippen LogP contribution >= 0.6 is 11.6 Å². The van der Waals surface area contributed by atoms with E-state index in [0.29, 0.717) is 53.3 Å². The molecule has 0 unspecified atom stereocenters. The van der Waals surface area contributed by atoms with Gasteiger partial charge in [0.25, 0.3) is 0 Å². The summed E-state index contributed by atoms with van der Waals surface area (Å²) in [6.45, 7) is 0.311. The summed E-state index contributed by atoms with van der Waals surface area (Å²) in [5.74, 6) is -0.0302. The first-order chi connectivity index (χ1) is 17.9. The van der Waals surface area contributed by atoms with Crippen molar-refractivity contribution in [1.29, 1.82) is 5.26 Å². The minimum Gasteiger partial charge on any atom is -0.478 e. The molecule has 0 radical (unpaired) electrons. The van der Waals surface area contributed by atoms with E-state index in [1.54, 1.807) is 37.4 Å². The third-order valence-electron chi connectivity index (χ3n) is 6.29. The van der Waals surface area contributed by atoms with E-state index >= 15 is 0 Å². The average Bonchev–Trinajstić information content (AvgIpc) is 2.92. The molecule has 1 aliphatic carbocycles. The number of halogens is 1. The zero-order chi connectivity index (χ0) is 26.4. The number of nitrogens with one attached hydrogen (secondary N) is 3. The Morgan fingerprint density at radius 3 is 2.51 bits per heavy atom. The molecule has 0 atom stereocenters. The van der Waals surface area contributed by atoms with Crippen LogP contribution in [-0.4, -0.2) is 45.0 Å². The lowest BCUT2D eigenvalue weighted by molar-refractivity contribution is -0.126. The van der Waals surface area contributed by atoms with E-state index in [0.717, 1.165) is 18.4 Å². The van der Waals surface area contributed by atoms with E-state index < -0.39 is 5.97 Å². The monoisotopic (exact) mass is 519 g/mol. The highest BCUT2D eigenvalue weighted by Crippen LogP contribution is 2.27. The molecule has 4 N–H and O–H groups in total. The highest BCUT2D eigenvalue weighted by atomic mass is 35.5. The second-order valence-electron chi connectivity index (χ2n) is 8.77.